The fraction of sp³-hybridized carbons (Fsp3) is 0.357. The minimum absolute atomic E-state index is 0.00863. The Bertz CT molecular complexity index is 1460. The molecule has 0 bridgehead atoms. The van der Waals surface area contributed by atoms with E-state index in [9.17, 15) is 18.0 Å². The number of hydrogen-bond acceptors (Lipinski definition) is 8. The van der Waals surface area contributed by atoms with Gasteiger partial charge >= 0.3 is 5.97 Å². The molecule has 39 heavy (non-hydrogen) atoms. The van der Waals surface area contributed by atoms with E-state index in [0.29, 0.717) is 22.8 Å². The van der Waals surface area contributed by atoms with E-state index in [1.54, 1.807) is 39.8 Å². The van der Waals surface area contributed by atoms with E-state index in [0.717, 1.165) is 0 Å². The Balaban J connectivity index is 1.64. The third-order valence-corrected chi connectivity index (χ3v) is 8.42. The SMILES string of the molecule is COc1ccc(S(=O)(=O)N2CCN(C(=O)c3nc(-c4ccccc4)nc(C)c3C(=O)OC(C)C)CC2C)cc1. The molecule has 1 saturated heterocycles. The van der Waals surface area contributed by atoms with Crippen molar-refractivity contribution in [3.63, 3.8) is 0 Å². The predicted molar refractivity (Wildman–Crippen MR) is 145 cm³/mol. The standard InChI is InChI=1S/C28H32N4O6S/c1-18(2)38-28(34)24-20(4)29-26(21-9-7-6-8-10-21)30-25(24)27(33)31-15-16-32(19(3)17-31)39(35,36)23-13-11-22(37-5)12-14-23/h6-14,18-19H,15-17H2,1-5H3. The van der Waals surface area contributed by atoms with Crippen LogP contribution in [0.2, 0.25) is 0 Å². The van der Waals surface area contributed by atoms with Crippen molar-refractivity contribution in [3.8, 4) is 17.1 Å². The lowest BCUT2D eigenvalue weighted by Gasteiger charge is -2.39. The summed E-state index contributed by atoms with van der Waals surface area (Å²) in [6.45, 7) is 7.16. The summed E-state index contributed by atoms with van der Waals surface area (Å²) in [6, 6.07) is 14.8. The molecule has 11 heteroatoms. The first-order chi connectivity index (χ1) is 18.5. The Labute approximate surface area is 228 Å². The van der Waals surface area contributed by atoms with Gasteiger partial charge < -0.3 is 14.4 Å². The molecule has 0 spiro atoms. The molecule has 1 aliphatic heterocycles. The number of amides is 1. The van der Waals surface area contributed by atoms with Crippen molar-refractivity contribution < 1.29 is 27.5 Å². The Hall–Kier alpha value is -3.83. The van der Waals surface area contributed by atoms with Crippen LogP contribution in [0.25, 0.3) is 11.4 Å². The van der Waals surface area contributed by atoms with Crippen LogP contribution < -0.4 is 4.74 Å². The van der Waals surface area contributed by atoms with E-state index in [1.807, 2.05) is 30.3 Å². The highest BCUT2D eigenvalue weighted by Crippen LogP contribution is 2.26. The second kappa shape index (κ2) is 11.5. The number of benzene rings is 2. The number of carbonyl (C=O) groups excluding carboxylic acids is 2. The largest absolute Gasteiger partial charge is 0.497 e. The number of nitrogens with zero attached hydrogens (tertiary/aromatic N) is 4. The molecule has 1 amide bonds. The first-order valence-electron chi connectivity index (χ1n) is 12.6. The summed E-state index contributed by atoms with van der Waals surface area (Å²) in [4.78, 5) is 37.5. The van der Waals surface area contributed by atoms with Gasteiger partial charge in [0.2, 0.25) is 10.0 Å². The zero-order chi connectivity index (χ0) is 28.3. The van der Waals surface area contributed by atoms with Crippen LogP contribution in [0.15, 0.2) is 59.5 Å². The van der Waals surface area contributed by atoms with E-state index < -0.39 is 34.0 Å². The molecule has 3 aromatic rings. The number of methoxy groups -OCH3 is 1. The van der Waals surface area contributed by atoms with Gasteiger partial charge in [0.15, 0.2) is 5.82 Å². The van der Waals surface area contributed by atoms with Gasteiger partial charge in [-0.1, -0.05) is 30.3 Å². The lowest BCUT2D eigenvalue weighted by atomic mass is 10.1. The normalized spacial score (nSPS) is 16.3. The van der Waals surface area contributed by atoms with Crippen molar-refractivity contribution in [3.05, 3.63) is 71.5 Å². The molecule has 1 unspecified atom stereocenters. The van der Waals surface area contributed by atoms with Crippen LogP contribution in [0, 0.1) is 6.92 Å². The molecular formula is C28H32N4O6S. The smallest absolute Gasteiger partial charge is 0.342 e. The second-order valence-electron chi connectivity index (χ2n) is 9.57. The number of aromatic nitrogens is 2. The lowest BCUT2D eigenvalue weighted by Crippen LogP contribution is -2.55. The van der Waals surface area contributed by atoms with Gasteiger partial charge in [-0.2, -0.15) is 4.31 Å². The molecular weight excluding hydrogens is 520 g/mol. The first kappa shape index (κ1) is 28.2. The van der Waals surface area contributed by atoms with Gasteiger partial charge in [-0.15, -0.1) is 0 Å². The Morgan fingerprint density at radius 3 is 2.26 bits per heavy atom. The highest BCUT2D eigenvalue weighted by Gasteiger charge is 2.37. The van der Waals surface area contributed by atoms with Crippen LogP contribution in [0.1, 0.15) is 47.3 Å². The molecule has 1 fully saturated rings. The maximum atomic E-state index is 13.8. The molecule has 10 nitrogen and oxygen atoms in total. The summed E-state index contributed by atoms with van der Waals surface area (Å²) in [5.74, 6) is -0.300. The average Bonchev–Trinajstić information content (AvgIpc) is 2.92. The van der Waals surface area contributed by atoms with E-state index in [4.69, 9.17) is 9.47 Å². The third kappa shape index (κ3) is 5.94. The number of sulfonamides is 1. The Morgan fingerprint density at radius 1 is 1.00 bits per heavy atom. The highest BCUT2D eigenvalue weighted by atomic mass is 32.2. The summed E-state index contributed by atoms with van der Waals surface area (Å²) >= 11 is 0. The second-order valence-corrected chi connectivity index (χ2v) is 11.5. The summed E-state index contributed by atoms with van der Waals surface area (Å²) in [5, 5.41) is 0. The Kier molecular flexibility index (Phi) is 8.31. The molecule has 2 aromatic carbocycles. The predicted octanol–water partition coefficient (Wildman–Crippen LogP) is 3.56. The van der Waals surface area contributed by atoms with Crippen LogP contribution in [0.4, 0.5) is 0 Å². The summed E-state index contributed by atoms with van der Waals surface area (Å²) in [6.07, 6.45) is -0.402. The number of rotatable bonds is 7. The maximum absolute atomic E-state index is 13.8. The van der Waals surface area contributed by atoms with Crippen molar-refractivity contribution in [2.24, 2.45) is 0 Å². The van der Waals surface area contributed by atoms with E-state index in [2.05, 4.69) is 9.97 Å². The van der Waals surface area contributed by atoms with Crippen LogP contribution in [-0.4, -0.2) is 78.4 Å². The maximum Gasteiger partial charge on any atom is 0.342 e. The van der Waals surface area contributed by atoms with Gasteiger partial charge in [0.25, 0.3) is 5.91 Å². The molecule has 1 atom stereocenters. The summed E-state index contributed by atoms with van der Waals surface area (Å²) in [5.41, 5.74) is 0.966. The van der Waals surface area contributed by atoms with Crippen molar-refractivity contribution >= 4 is 21.9 Å². The van der Waals surface area contributed by atoms with Crippen LogP contribution in [0.5, 0.6) is 5.75 Å². The van der Waals surface area contributed by atoms with Crippen molar-refractivity contribution in [2.45, 2.75) is 44.7 Å². The fourth-order valence-corrected chi connectivity index (χ4v) is 6.09. The molecule has 0 saturated carbocycles. The zero-order valence-corrected chi connectivity index (χ0v) is 23.4. The quantitative estimate of drug-likeness (QED) is 0.408. The van der Waals surface area contributed by atoms with E-state index >= 15 is 0 Å². The number of carbonyl (C=O) groups is 2. The van der Waals surface area contributed by atoms with Gasteiger partial charge in [0.1, 0.15) is 17.0 Å². The number of hydrogen-bond donors (Lipinski definition) is 0. The number of aryl methyl sites for hydroxylation is 1. The molecule has 206 valence electrons. The highest BCUT2D eigenvalue weighted by molar-refractivity contribution is 7.89. The molecule has 1 aliphatic rings. The lowest BCUT2D eigenvalue weighted by molar-refractivity contribution is 0.0368. The Morgan fingerprint density at radius 2 is 1.67 bits per heavy atom. The zero-order valence-electron chi connectivity index (χ0n) is 22.6. The monoisotopic (exact) mass is 552 g/mol. The van der Waals surface area contributed by atoms with Gasteiger partial charge in [-0.25, -0.2) is 23.2 Å². The third-order valence-electron chi connectivity index (χ3n) is 6.39. The first-order valence-corrected chi connectivity index (χ1v) is 14.1. The van der Waals surface area contributed by atoms with Crippen LogP contribution in [0.3, 0.4) is 0 Å². The topological polar surface area (TPSA) is 119 Å². The average molecular weight is 553 g/mol. The minimum atomic E-state index is -3.79. The molecule has 0 radical (unpaired) electrons. The van der Waals surface area contributed by atoms with Crippen molar-refractivity contribution in [1.82, 2.24) is 19.2 Å². The molecule has 0 aliphatic carbocycles. The van der Waals surface area contributed by atoms with Crippen molar-refractivity contribution in [2.75, 3.05) is 26.7 Å². The summed E-state index contributed by atoms with van der Waals surface area (Å²) < 4.78 is 38.6. The summed E-state index contributed by atoms with van der Waals surface area (Å²) in [7, 11) is -2.28. The van der Waals surface area contributed by atoms with Gasteiger partial charge in [0.05, 0.1) is 23.8 Å². The minimum Gasteiger partial charge on any atom is -0.497 e. The number of piperazine rings is 1. The van der Waals surface area contributed by atoms with E-state index in [1.165, 1.54) is 28.4 Å². The van der Waals surface area contributed by atoms with Gasteiger partial charge in [-0.3, -0.25) is 4.79 Å². The van der Waals surface area contributed by atoms with Crippen LogP contribution >= 0.6 is 0 Å². The number of ether oxygens (including phenoxy) is 2. The van der Waals surface area contributed by atoms with Gasteiger partial charge in [0, 0.05) is 31.2 Å². The van der Waals surface area contributed by atoms with E-state index in [-0.39, 0.29) is 35.8 Å². The molecule has 2 heterocycles. The number of esters is 1. The van der Waals surface area contributed by atoms with Gasteiger partial charge in [-0.05, 0) is 52.0 Å². The van der Waals surface area contributed by atoms with Crippen molar-refractivity contribution in [1.29, 1.82) is 0 Å². The molecule has 4 rings (SSSR count). The van der Waals surface area contributed by atoms with Crippen LogP contribution in [-0.2, 0) is 14.8 Å². The molecule has 1 aromatic heterocycles. The molecule has 0 N–H and O–H groups in total. The fourth-order valence-electron chi connectivity index (χ4n) is 4.48.